The van der Waals surface area contributed by atoms with E-state index < -0.39 is 5.82 Å². The van der Waals surface area contributed by atoms with Gasteiger partial charge in [0.2, 0.25) is 11.8 Å². The third-order valence-corrected chi connectivity index (χ3v) is 6.84. The summed E-state index contributed by atoms with van der Waals surface area (Å²) in [7, 11) is 0. The van der Waals surface area contributed by atoms with Crippen molar-refractivity contribution < 1.29 is 18.7 Å². The maximum Gasteiger partial charge on any atom is 0.242 e. The fourth-order valence-electron chi connectivity index (χ4n) is 4.12. The molecule has 2 aromatic rings. The van der Waals surface area contributed by atoms with Crippen molar-refractivity contribution in [3.8, 4) is 5.75 Å². The highest BCUT2D eigenvalue weighted by atomic mass is 32.1. The number of rotatable bonds is 8. The van der Waals surface area contributed by atoms with Gasteiger partial charge in [0.25, 0.3) is 0 Å². The molecule has 1 fully saturated rings. The minimum Gasteiger partial charge on any atom is -0.488 e. The smallest absolute Gasteiger partial charge is 0.242 e. The van der Waals surface area contributed by atoms with Crippen LogP contribution in [0.5, 0.6) is 5.75 Å². The molecule has 1 aliphatic carbocycles. The van der Waals surface area contributed by atoms with Gasteiger partial charge in [0, 0.05) is 23.9 Å². The number of thiophene rings is 1. The number of hydrogen-bond acceptors (Lipinski definition) is 4. The lowest BCUT2D eigenvalue weighted by Gasteiger charge is -2.37. The Kier molecular flexibility index (Phi) is 6.60. The van der Waals surface area contributed by atoms with E-state index >= 15 is 0 Å². The van der Waals surface area contributed by atoms with Gasteiger partial charge >= 0.3 is 0 Å². The molecule has 0 radical (unpaired) electrons. The van der Waals surface area contributed by atoms with Crippen LogP contribution in [0.2, 0.25) is 0 Å². The normalized spacial score (nSPS) is 18.1. The number of fused-ring (bicyclic) bond motifs is 1. The van der Waals surface area contributed by atoms with E-state index in [4.69, 9.17) is 4.74 Å². The zero-order valence-electron chi connectivity index (χ0n) is 18.1. The van der Waals surface area contributed by atoms with Crippen molar-refractivity contribution in [2.45, 2.75) is 51.6 Å². The first-order valence-electron chi connectivity index (χ1n) is 11.0. The van der Waals surface area contributed by atoms with Crippen LogP contribution in [0.25, 0.3) is 0 Å². The Labute approximate surface area is 186 Å². The maximum atomic E-state index is 14.0. The summed E-state index contributed by atoms with van der Waals surface area (Å²) in [5, 5.41) is 2.03. The number of ether oxygens (including phenoxy) is 1. The predicted octanol–water partition coefficient (Wildman–Crippen LogP) is 4.43. The predicted molar refractivity (Wildman–Crippen MR) is 119 cm³/mol. The summed E-state index contributed by atoms with van der Waals surface area (Å²) >= 11 is 1.68. The number of benzene rings is 1. The van der Waals surface area contributed by atoms with Gasteiger partial charge in [0.1, 0.15) is 13.2 Å². The second kappa shape index (κ2) is 9.39. The second-order valence-corrected chi connectivity index (χ2v) is 9.74. The van der Waals surface area contributed by atoms with Gasteiger partial charge in [0.05, 0.1) is 6.04 Å². The van der Waals surface area contributed by atoms with E-state index in [-0.39, 0.29) is 48.7 Å². The molecular formula is C24H29FN2O3S. The molecule has 2 aliphatic rings. The summed E-state index contributed by atoms with van der Waals surface area (Å²) in [4.78, 5) is 30.9. The summed E-state index contributed by atoms with van der Waals surface area (Å²) in [6, 6.07) is 8.23. The quantitative estimate of drug-likeness (QED) is 0.605. The molecule has 1 aromatic heterocycles. The van der Waals surface area contributed by atoms with E-state index in [2.05, 4.69) is 0 Å². The highest BCUT2D eigenvalue weighted by Gasteiger charge is 2.38. The largest absolute Gasteiger partial charge is 0.488 e. The Morgan fingerprint density at radius 2 is 2.03 bits per heavy atom. The van der Waals surface area contributed by atoms with Crippen LogP contribution in [0, 0.1) is 11.7 Å². The van der Waals surface area contributed by atoms with Gasteiger partial charge in [-0.25, -0.2) is 4.39 Å². The molecule has 0 bridgehead atoms. The molecule has 5 nitrogen and oxygen atoms in total. The van der Waals surface area contributed by atoms with Crippen molar-refractivity contribution in [3.63, 3.8) is 0 Å². The number of carbonyl (C=O) groups is 2. The van der Waals surface area contributed by atoms with Crippen molar-refractivity contribution in [2.75, 3.05) is 19.7 Å². The number of para-hydroxylation sites is 1. The molecule has 4 rings (SSSR count). The Morgan fingerprint density at radius 3 is 2.74 bits per heavy atom. The van der Waals surface area contributed by atoms with Crippen molar-refractivity contribution >= 4 is 23.2 Å². The van der Waals surface area contributed by atoms with Gasteiger partial charge in [0.15, 0.2) is 11.6 Å². The standard InChI is InChI=1S/C24H29FN2O3S/c1-16(2)13-23(28)27(17-7-8-17)14-24(29)26-11-9-22-18(10-12-31-22)20(26)15-30-21-6-4-3-5-19(21)25/h3-6,10,12,16-17,20H,7-9,11,13-15H2,1-2H3. The topological polar surface area (TPSA) is 49.9 Å². The first-order chi connectivity index (χ1) is 14.9. The molecule has 1 aliphatic heterocycles. The summed E-state index contributed by atoms with van der Waals surface area (Å²) in [5.74, 6) is 0.0141. The van der Waals surface area contributed by atoms with Crippen LogP contribution in [0.1, 0.15) is 49.6 Å². The fraction of sp³-hybridized carbons (Fsp3) is 0.500. The zero-order valence-corrected chi connectivity index (χ0v) is 18.9. The van der Waals surface area contributed by atoms with E-state index in [0.29, 0.717) is 13.0 Å². The van der Waals surface area contributed by atoms with Gasteiger partial charge in [-0.2, -0.15) is 0 Å². The molecule has 166 valence electrons. The van der Waals surface area contributed by atoms with E-state index in [0.717, 1.165) is 24.8 Å². The molecule has 0 spiro atoms. The number of hydrogen-bond donors (Lipinski definition) is 0. The zero-order chi connectivity index (χ0) is 22.0. The van der Waals surface area contributed by atoms with Crippen molar-refractivity contribution in [1.29, 1.82) is 0 Å². The molecule has 0 saturated heterocycles. The lowest BCUT2D eigenvalue weighted by atomic mass is 10.00. The van der Waals surface area contributed by atoms with Crippen LogP contribution in [0.4, 0.5) is 4.39 Å². The molecule has 31 heavy (non-hydrogen) atoms. The molecule has 2 heterocycles. The maximum absolute atomic E-state index is 14.0. The molecule has 1 aromatic carbocycles. The van der Waals surface area contributed by atoms with Gasteiger partial charge in [-0.15, -0.1) is 11.3 Å². The van der Waals surface area contributed by atoms with Crippen molar-refractivity contribution in [2.24, 2.45) is 5.92 Å². The molecule has 2 amide bonds. The van der Waals surface area contributed by atoms with Crippen molar-refractivity contribution in [3.05, 3.63) is 52.0 Å². The molecule has 7 heteroatoms. The summed E-state index contributed by atoms with van der Waals surface area (Å²) < 4.78 is 19.9. The van der Waals surface area contributed by atoms with Crippen LogP contribution in [0.15, 0.2) is 35.7 Å². The molecule has 1 unspecified atom stereocenters. The minimum atomic E-state index is -0.416. The lowest BCUT2D eigenvalue weighted by molar-refractivity contribution is -0.143. The van der Waals surface area contributed by atoms with Gasteiger partial charge in [-0.1, -0.05) is 26.0 Å². The van der Waals surface area contributed by atoms with E-state index in [1.807, 2.05) is 30.2 Å². The third-order valence-electron chi connectivity index (χ3n) is 5.85. The Balaban J connectivity index is 1.50. The number of halogens is 1. The van der Waals surface area contributed by atoms with Crippen LogP contribution >= 0.6 is 11.3 Å². The summed E-state index contributed by atoms with van der Waals surface area (Å²) in [5.41, 5.74) is 1.06. The Hall–Kier alpha value is -2.41. The summed E-state index contributed by atoms with van der Waals surface area (Å²) in [6.07, 6.45) is 3.17. The first kappa shape index (κ1) is 21.8. The minimum absolute atomic E-state index is 0.0539. The molecular weight excluding hydrogens is 415 g/mol. The first-order valence-corrected chi connectivity index (χ1v) is 11.8. The third kappa shape index (κ3) is 5.09. The Bertz CT molecular complexity index is 940. The van der Waals surface area contributed by atoms with Gasteiger partial charge < -0.3 is 14.5 Å². The average Bonchev–Trinajstić information content (AvgIpc) is 3.46. The van der Waals surface area contributed by atoms with Crippen molar-refractivity contribution in [1.82, 2.24) is 9.80 Å². The lowest BCUT2D eigenvalue weighted by Crippen LogP contribution is -2.48. The SMILES string of the molecule is CC(C)CC(=O)N(CC(=O)N1CCc2sccc2C1COc1ccccc1F)C1CC1. The second-order valence-electron chi connectivity index (χ2n) is 8.74. The average molecular weight is 445 g/mol. The number of nitrogens with zero attached hydrogens (tertiary/aromatic N) is 2. The van der Waals surface area contributed by atoms with Gasteiger partial charge in [-0.05, 0) is 54.3 Å². The van der Waals surface area contributed by atoms with Crippen LogP contribution in [-0.2, 0) is 16.0 Å². The van der Waals surface area contributed by atoms with Gasteiger partial charge in [-0.3, -0.25) is 9.59 Å². The van der Waals surface area contributed by atoms with E-state index in [1.165, 1.54) is 10.9 Å². The monoisotopic (exact) mass is 444 g/mol. The molecule has 0 N–H and O–H groups in total. The molecule has 1 atom stereocenters. The Morgan fingerprint density at radius 1 is 1.26 bits per heavy atom. The van der Waals surface area contributed by atoms with Crippen LogP contribution in [0.3, 0.4) is 0 Å². The molecule has 1 saturated carbocycles. The van der Waals surface area contributed by atoms with Crippen LogP contribution in [-0.4, -0.2) is 47.4 Å². The number of amides is 2. The van der Waals surface area contributed by atoms with Crippen LogP contribution < -0.4 is 4.74 Å². The highest BCUT2D eigenvalue weighted by Crippen LogP contribution is 2.35. The fourth-order valence-corrected chi connectivity index (χ4v) is 5.04. The number of carbonyl (C=O) groups excluding carboxylic acids is 2. The van der Waals surface area contributed by atoms with E-state index in [1.54, 1.807) is 34.4 Å². The summed E-state index contributed by atoms with van der Waals surface area (Å²) in [6.45, 7) is 4.90. The van der Waals surface area contributed by atoms with E-state index in [9.17, 15) is 14.0 Å². The highest BCUT2D eigenvalue weighted by molar-refractivity contribution is 7.10.